The fourth-order valence-corrected chi connectivity index (χ4v) is 2.81. The minimum absolute atomic E-state index is 0.0772. The molecular formula is C22H32N2O4. The Kier molecular flexibility index (Phi) is 8.41. The average Bonchev–Trinajstić information content (AvgIpc) is 2.57. The van der Waals surface area contributed by atoms with E-state index in [4.69, 9.17) is 10.5 Å². The van der Waals surface area contributed by atoms with Crippen LogP contribution in [0, 0.1) is 11.3 Å². The lowest BCUT2D eigenvalue weighted by Gasteiger charge is -2.28. The lowest BCUT2D eigenvalue weighted by Crippen LogP contribution is -2.51. The fraction of sp³-hybridized carbons (Fsp3) is 0.500. The van der Waals surface area contributed by atoms with Gasteiger partial charge in [0.15, 0.2) is 0 Å². The molecule has 1 heterocycles. The zero-order chi connectivity index (χ0) is 21.5. The Hall–Kier alpha value is -2.63. The number of nitrogens with one attached hydrogen (secondary N) is 1. The maximum atomic E-state index is 12.0. The summed E-state index contributed by atoms with van der Waals surface area (Å²) in [5.74, 6) is -1.13. The van der Waals surface area contributed by atoms with Gasteiger partial charge in [-0.25, -0.2) is 4.79 Å². The molecule has 0 aliphatic carbocycles. The highest BCUT2D eigenvalue weighted by atomic mass is 16.5. The maximum absolute atomic E-state index is 12.0. The van der Waals surface area contributed by atoms with Gasteiger partial charge in [0.25, 0.3) is 0 Å². The molecule has 28 heavy (non-hydrogen) atoms. The van der Waals surface area contributed by atoms with Crippen LogP contribution < -0.4 is 11.1 Å². The summed E-state index contributed by atoms with van der Waals surface area (Å²) >= 11 is 0. The highest BCUT2D eigenvalue weighted by Gasteiger charge is 2.30. The largest absolute Gasteiger partial charge is 0.458 e. The minimum atomic E-state index is -0.744. The Morgan fingerprint density at radius 1 is 1.29 bits per heavy atom. The number of rotatable bonds is 7. The summed E-state index contributed by atoms with van der Waals surface area (Å²) in [6.07, 6.45) is 11.0. The topological polar surface area (TPSA) is 98.5 Å². The lowest BCUT2D eigenvalue weighted by atomic mass is 9.86. The first-order valence-corrected chi connectivity index (χ1v) is 9.42. The number of hydrogen-bond acceptors (Lipinski definition) is 4. The van der Waals surface area contributed by atoms with Crippen molar-refractivity contribution in [3.63, 3.8) is 0 Å². The van der Waals surface area contributed by atoms with Crippen LogP contribution in [-0.4, -0.2) is 29.9 Å². The van der Waals surface area contributed by atoms with Gasteiger partial charge in [0.05, 0.1) is 0 Å². The standard InChI is InChI=1S/C22H32N2O4/c1-14(13-16(3)17-12-11-15(2)21(27)28-17)9-7-8-10-18(25)24-19(20(23)26)22(4,5)6/h7-11,13,16-17,19H,12H2,1-6H3,(H2,23,26)(H,24,25)/b9-7-,10-8-,14-13+. The molecule has 1 rings (SSSR count). The summed E-state index contributed by atoms with van der Waals surface area (Å²) in [7, 11) is 0. The number of carbonyl (C=O) groups is 3. The van der Waals surface area contributed by atoms with Crippen LogP contribution >= 0.6 is 0 Å². The SMILES string of the molecule is CC1=CCC(C(C)/C=C(C)/C=C\C=C/C(=O)NC(C(N)=O)C(C)(C)C)OC1=O. The van der Waals surface area contributed by atoms with Gasteiger partial charge in [-0.3, -0.25) is 9.59 Å². The number of nitrogens with two attached hydrogens (primary N) is 1. The van der Waals surface area contributed by atoms with Crippen molar-refractivity contribution < 1.29 is 19.1 Å². The van der Waals surface area contributed by atoms with Crippen LogP contribution in [0.25, 0.3) is 0 Å². The average molecular weight is 389 g/mol. The maximum Gasteiger partial charge on any atom is 0.333 e. The van der Waals surface area contributed by atoms with E-state index >= 15 is 0 Å². The van der Waals surface area contributed by atoms with Crippen molar-refractivity contribution in [1.82, 2.24) is 5.32 Å². The van der Waals surface area contributed by atoms with Gasteiger partial charge in [-0.1, -0.05) is 63.6 Å². The number of allylic oxidation sites excluding steroid dienone is 4. The molecule has 0 aromatic carbocycles. The van der Waals surface area contributed by atoms with E-state index in [0.29, 0.717) is 12.0 Å². The third-order valence-electron chi connectivity index (χ3n) is 4.50. The van der Waals surface area contributed by atoms with E-state index in [0.717, 1.165) is 5.57 Å². The highest BCUT2D eigenvalue weighted by Crippen LogP contribution is 2.22. The molecule has 6 nitrogen and oxygen atoms in total. The summed E-state index contributed by atoms with van der Waals surface area (Å²) in [4.78, 5) is 35.1. The number of hydrogen-bond donors (Lipinski definition) is 2. The van der Waals surface area contributed by atoms with Gasteiger partial charge in [0.1, 0.15) is 12.1 Å². The molecule has 3 unspecified atom stereocenters. The molecule has 2 amide bonds. The number of primary amides is 1. The minimum Gasteiger partial charge on any atom is -0.458 e. The van der Waals surface area contributed by atoms with Gasteiger partial charge in [-0.2, -0.15) is 0 Å². The van der Waals surface area contributed by atoms with Gasteiger partial charge < -0.3 is 15.8 Å². The molecule has 1 aliphatic heterocycles. The molecule has 0 radical (unpaired) electrons. The van der Waals surface area contributed by atoms with E-state index in [1.54, 1.807) is 19.1 Å². The highest BCUT2D eigenvalue weighted by molar-refractivity contribution is 5.93. The molecule has 0 aromatic heterocycles. The third kappa shape index (κ3) is 7.55. The second-order valence-corrected chi connectivity index (χ2v) is 8.26. The van der Waals surface area contributed by atoms with Gasteiger partial charge >= 0.3 is 5.97 Å². The van der Waals surface area contributed by atoms with Crippen molar-refractivity contribution in [2.45, 2.75) is 60.1 Å². The van der Waals surface area contributed by atoms with E-state index < -0.39 is 17.4 Å². The first-order valence-electron chi connectivity index (χ1n) is 9.42. The Balaban J connectivity index is 2.61. The summed E-state index contributed by atoms with van der Waals surface area (Å²) in [5, 5.41) is 2.62. The molecule has 0 saturated heterocycles. The molecule has 0 aromatic rings. The molecule has 0 bridgehead atoms. The number of carbonyl (C=O) groups excluding carboxylic acids is 3. The molecule has 1 aliphatic rings. The van der Waals surface area contributed by atoms with E-state index in [-0.39, 0.29) is 23.9 Å². The number of amides is 2. The second-order valence-electron chi connectivity index (χ2n) is 8.26. The van der Waals surface area contributed by atoms with Crippen molar-refractivity contribution in [3.8, 4) is 0 Å². The number of ether oxygens (including phenoxy) is 1. The smallest absolute Gasteiger partial charge is 0.333 e. The van der Waals surface area contributed by atoms with Gasteiger partial charge in [0.2, 0.25) is 11.8 Å². The van der Waals surface area contributed by atoms with Gasteiger partial charge in [-0.05, 0) is 19.3 Å². The Morgan fingerprint density at radius 3 is 2.43 bits per heavy atom. The second kappa shape index (κ2) is 10.1. The van der Waals surface area contributed by atoms with Crippen LogP contribution in [0.2, 0.25) is 0 Å². The number of cyclic esters (lactones) is 1. The summed E-state index contributed by atoms with van der Waals surface area (Å²) in [5.41, 5.74) is 6.54. The molecule has 0 spiro atoms. The van der Waals surface area contributed by atoms with Crippen LogP contribution in [0.4, 0.5) is 0 Å². The van der Waals surface area contributed by atoms with Crippen molar-refractivity contribution >= 4 is 17.8 Å². The van der Waals surface area contributed by atoms with Gasteiger partial charge in [0, 0.05) is 24.0 Å². The number of esters is 1. The van der Waals surface area contributed by atoms with Crippen LogP contribution in [0.1, 0.15) is 48.0 Å². The Morgan fingerprint density at radius 2 is 1.89 bits per heavy atom. The van der Waals surface area contributed by atoms with Crippen molar-refractivity contribution in [2.24, 2.45) is 17.1 Å². The van der Waals surface area contributed by atoms with Crippen LogP contribution in [0.15, 0.2) is 47.6 Å². The normalized spacial score (nSPS) is 20.6. The molecule has 3 N–H and O–H groups in total. The zero-order valence-corrected chi connectivity index (χ0v) is 17.6. The quantitative estimate of drug-likeness (QED) is 0.398. The molecule has 3 atom stereocenters. The third-order valence-corrected chi connectivity index (χ3v) is 4.50. The van der Waals surface area contributed by atoms with Gasteiger partial charge in [-0.15, -0.1) is 0 Å². The first-order chi connectivity index (χ1) is 12.9. The summed E-state index contributed by atoms with van der Waals surface area (Å²) in [6, 6.07) is -0.744. The zero-order valence-electron chi connectivity index (χ0n) is 17.6. The molecular weight excluding hydrogens is 356 g/mol. The van der Waals surface area contributed by atoms with Crippen LogP contribution in [0.3, 0.4) is 0 Å². The predicted molar refractivity (Wildman–Crippen MR) is 110 cm³/mol. The van der Waals surface area contributed by atoms with Crippen LogP contribution in [-0.2, 0) is 19.1 Å². The summed E-state index contributed by atoms with van der Waals surface area (Å²) < 4.78 is 5.42. The Labute approximate surface area is 167 Å². The van der Waals surface area contributed by atoms with E-state index in [2.05, 4.69) is 5.32 Å². The van der Waals surface area contributed by atoms with Crippen molar-refractivity contribution in [1.29, 1.82) is 0 Å². The van der Waals surface area contributed by atoms with Crippen molar-refractivity contribution in [3.05, 3.63) is 47.6 Å². The van der Waals surface area contributed by atoms with Crippen molar-refractivity contribution in [2.75, 3.05) is 0 Å². The lowest BCUT2D eigenvalue weighted by molar-refractivity contribution is -0.147. The molecule has 0 fully saturated rings. The fourth-order valence-electron chi connectivity index (χ4n) is 2.81. The van der Waals surface area contributed by atoms with E-state index in [9.17, 15) is 14.4 Å². The van der Waals surface area contributed by atoms with Crippen LogP contribution in [0.5, 0.6) is 0 Å². The first kappa shape index (κ1) is 23.4. The monoisotopic (exact) mass is 388 g/mol. The Bertz CT molecular complexity index is 723. The molecule has 0 saturated carbocycles. The molecule has 154 valence electrons. The van der Waals surface area contributed by atoms with E-state index in [1.807, 2.05) is 52.8 Å². The summed E-state index contributed by atoms with van der Waals surface area (Å²) in [6.45, 7) is 11.2. The predicted octanol–water partition coefficient (Wildman–Crippen LogP) is 2.96. The van der Waals surface area contributed by atoms with E-state index in [1.165, 1.54) is 6.08 Å². The molecule has 6 heteroatoms.